The molecule has 2 heterocycles. The summed E-state index contributed by atoms with van der Waals surface area (Å²) in [5, 5.41) is 1.21. The highest BCUT2D eigenvalue weighted by molar-refractivity contribution is 8.00. The summed E-state index contributed by atoms with van der Waals surface area (Å²) in [5.41, 5.74) is 1.27. The predicted molar refractivity (Wildman–Crippen MR) is 114 cm³/mol. The van der Waals surface area contributed by atoms with Crippen molar-refractivity contribution in [2.75, 3.05) is 13.1 Å². The Morgan fingerprint density at radius 1 is 1.37 bits per heavy atom. The molecule has 2 unspecified atom stereocenters. The molecule has 0 spiro atoms. The van der Waals surface area contributed by atoms with Crippen LogP contribution in [0.2, 0.25) is 0 Å². The molecule has 0 fully saturated rings. The zero-order chi connectivity index (χ0) is 19.7. The van der Waals surface area contributed by atoms with E-state index in [1.54, 1.807) is 15.9 Å². The standard InChI is InChI=1S/C20H29N3O2S2/c1-6-22(7-2)18(24)13(5)26-20-21-17-16(19(25)23(20)8-3)14-10-9-12(4)11-15(14)27-17/h12-13H,6-11H2,1-5H3. The van der Waals surface area contributed by atoms with Crippen LogP contribution in [0, 0.1) is 5.92 Å². The first kappa shape index (κ1) is 20.4. The van der Waals surface area contributed by atoms with E-state index >= 15 is 0 Å². The van der Waals surface area contributed by atoms with Gasteiger partial charge in [-0.2, -0.15) is 0 Å². The topological polar surface area (TPSA) is 55.2 Å². The summed E-state index contributed by atoms with van der Waals surface area (Å²) in [7, 11) is 0. The summed E-state index contributed by atoms with van der Waals surface area (Å²) in [5.74, 6) is 0.765. The lowest BCUT2D eigenvalue weighted by atomic mass is 9.89. The second kappa shape index (κ2) is 8.35. The van der Waals surface area contributed by atoms with Crippen LogP contribution in [0.3, 0.4) is 0 Å². The van der Waals surface area contributed by atoms with E-state index in [2.05, 4.69) is 6.92 Å². The minimum absolute atomic E-state index is 0.0551. The summed E-state index contributed by atoms with van der Waals surface area (Å²) < 4.78 is 1.74. The summed E-state index contributed by atoms with van der Waals surface area (Å²) in [6, 6.07) is 0. The van der Waals surface area contributed by atoms with Gasteiger partial charge in [0, 0.05) is 24.5 Å². The van der Waals surface area contributed by atoms with Crippen LogP contribution in [0.25, 0.3) is 10.2 Å². The number of carbonyl (C=O) groups is 1. The molecule has 1 aliphatic rings. The molecule has 1 aliphatic carbocycles. The first-order valence-corrected chi connectivity index (χ1v) is 11.6. The van der Waals surface area contributed by atoms with Crippen molar-refractivity contribution in [1.29, 1.82) is 0 Å². The van der Waals surface area contributed by atoms with E-state index in [1.807, 2.05) is 32.6 Å². The Morgan fingerprint density at radius 2 is 2.07 bits per heavy atom. The fraction of sp³-hybridized carbons (Fsp3) is 0.650. The SMILES string of the molecule is CCN(CC)C(=O)C(C)Sc1nc2sc3c(c2c(=O)n1CC)CCC(C)C3. The van der Waals surface area contributed by atoms with Gasteiger partial charge in [0.25, 0.3) is 5.56 Å². The number of rotatable bonds is 6. The molecule has 2 aromatic heterocycles. The lowest BCUT2D eigenvalue weighted by Crippen LogP contribution is -2.36. The van der Waals surface area contributed by atoms with Gasteiger partial charge in [0.1, 0.15) is 4.83 Å². The number of amides is 1. The second-order valence-electron chi connectivity index (χ2n) is 7.25. The van der Waals surface area contributed by atoms with Crippen molar-refractivity contribution in [2.24, 2.45) is 5.92 Å². The minimum atomic E-state index is -0.262. The number of thiophene rings is 1. The molecular weight excluding hydrogens is 378 g/mol. The van der Waals surface area contributed by atoms with E-state index in [0.29, 0.717) is 30.7 Å². The molecule has 0 aromatic carbocycles. The van der Waals surface area contributed by atoms with Gasteiger partial charge in [-0.3, -0.25) is 14.2 Å². The first-order chi connectivity index (χ1) is 12.9. The zero-order valence-electron chi connectivity index (χ0n) is 16.9. The molecule has 3 rings (SSSR count). The average Bonchev–Trinajstić information content (AvgIpc) is 3.00. The van der Waals surface area contributed by atoms with Gasteiger partial charge >= 0.3 is 0 Å². The Labute approximate surface area is 169 Å². The summed E-state index contributed by atoms with van der Waals surface area (Å²) in [6.07, 6.45) is 3.15. The smallest absolute Gasteiger partial charge is 0.263 e. The number of thioether (sulfide) groups is 1. The molecule has 2 atom stereocenters. The number of nitrogens with zero attached hydrogens (tertiary/aromatic N) is 3. The van der Waals surface area contributed by atoms with E-state index < -0.39 is 0 Å². The number of fused-ring (bicyclic) bond motifs is 3. The van der Waals surface area contributed by atoms with Crippen molar-refractivity contribution in [3.05, 3.63) is 20.8 Å². The van der Waals surface area contributed by atoms with Crippen molar-refractivity contribution in [3.63, 3.8) is 0 Å². The molecule has 0 saturated carbocycles. The molecule has 148 valence electrons. The molecular formula is C20H29N3O2S2. The molecule has 27 heavy (non-hydrogen) atoms. The van der Waals surface area contributed by atoms with Crippen molar-refractivity contribution >= 4 is 39.2 Å². The van der Waals surface area contributed by atoms with Crippen LogP contribution in [-0.4, -0.2) is 38.7 Å². The largest absolute Gasteiger partial charge is 0.342 e. The van der Waals surface area contributed by atoms with Gasteiger partial charge in [0.2, 0.25) is 5.91 Å². The van der Waals surface area contributed by atoms with Crippen LogP contribution in [0.4, 0.5) is 0 Å². The van der Waals surface area contributed by atoms with Crippen LogP contribution < -0.4 is 5.56 Å². The molecule has 2 aromatic rings. The highest BCUT2D eigenvalue weighted by Crippen LogP contribution is 2.37. The van der Waals surface area contributed by atoms with Gasteiger partial charge in [-0.1, -0.05) is 18.7 Å². The van der Waals surface area contributed by atoms with Gasteiger partial charge in [-0.15, -0.1) is 11.3 Å². The third-order valence-corrected chi connectivity index (χ3v) is 7.63. The summed E-state index contributed by atoms with van der Waals surface area (Å²) >= 11 is 3.07. The van der Waals surface area contributed by atoms with Gasteiger partial charge < -0.3 is 4.90 Å². The molecule has 1 amide bonds. The molecule has 0 bridgehead atoms. The van der Waals surface area contributed by atoms with Crippen LogP contribution in [0.15, 0.2) is 9.95 Å². The summed E-state index contributed by atoms with van der Waals surface area (Å²) in [4.78, 5) is 34.7. The van der Waals surface area contributed by atoms with Crippen LogP contribution in [0.1, 0.15) is 51.5 Å². The van der Waals surface area contributed by atoms with E-state index in [4.69, 9.17) is 4.98 Å². The highest BCUT2D eigenvalue weighted by Gasteiger charge is 2.26. The maximum Gasteiger partial charge on any atom is 0.263 e. The van der Waals surface area contributed by atoms with E-state index in [9.17, 15) is 9.59 Å². The predicted octanol–water partition coefficient (Wildman–Crippen LogP) is 3.95. The molecule has 0 N–H and O–H groups in total. The van der Waals surface area contributed by atoms with E-state index in [0.717, 1.165) is 29.5 Å². The number of aromatic nitrogens is 2. The van der Waals surface area contributed by atoms with Crippen LogP contribution in [0.5, 0.6) is 0 Å². The van der Waals surface area contributed by atoms with Crippen molar-refractivity contribution in [3.8, 4) is 0 Å². The monoisotopic (exact) mass is 407 g/mol. The Hall–Kier alpha value is -1.34. The number of carbonyl (C=O) groups excluding carboxylic acids is 1. The molecule has 5 nitrogen and oxygen atoms in total. The third kappa shape index (κ3) is 3.81. The zero-order valence-corrected chi connectivity index (χ0v) is 18.5. The Kier molecular flexibility index (Phi) is 6.31. The van der Waals surface area contributed by atoms with E-state index in [1.165, 1.54) is 22.2 Å². The third-order valence-electron chi connectivity index (χ3n) is 5.40. The van der Waals surface area contributed by atoms with E-state index in [-0.39, 0.29) is 16.7 Å². The Balaban J connectivity index is 2.01. The quantitative estimate of drug-likeness (QED) is 0.537. The average molecular weight is 408 g/mol. The number of aryl methyl sites for hydroxylation is 1. The van der Waals surface area contributed by atoms with Crippen molar-refractivity contribution in [1.82, 2.24) is 14.5 Å². The molecule has 0 aliphatic heterocycles. The lowest BCUT2D eigenvalue weighted by molar-refractivity contribution is -0.129. The van der Waals surface area contributed by atoms with Crippen molar-refractivity contribution < 1.29 is 4.79 Å². The fourth-order valence-electron chi connectivity index (χ4n) is 3.77. The van der Waals surface area contributed by atoms with Gasteiger partial charge in [-0.05, 0) is 58.4 Å². The normalized spacial score (nSPS) is 17.7. The number of hydrogen-bond donors (Lipinski definition) is 0. The Bertz CT molecular complexity index is 899. The van der Waals surface area contributed by atoms with Gasteiger partial charge in [0.15, 0.2) is 5.16 Å². The maximum atomic E-state index is 13.2. The van der Waals surface area contributed by atoms with Gasteiger partial charge in [-0.25, -0.2) is 4.98 Å². The molecule has 0 radical (unpaired) electrons. The van der Waals surface area contributed by atoms with Crippen LogP contribution >= 0.6 is 23.1 Å². The molecule has 0 saturated heterocycles. The first-order valence-electron chi connectivity index (χ1n) is 9.91. The Morgan fingerprint density at radius 3 is 2.70 bits per heavy atom. The highest BCUT2D eigenvalue weighted by atomic mass is 32.2. The fourth-order valence-corrected chi connectivity index (χ4v) is 6.25. The minimum Gasteiger partial charge on any atom is -0.342 e. The second-order valence-corrected chi connectivity index (χ2v) is 9.64. The van der Waals surface area contributed by atoms with Crippen molar-refractivity contribution in [2.45, 2.75) is 70.8 Å². The molecule has 7 heteroatoms. The van der Waals surface area contributed by atoms with Gasteiger partial charge in [0.05, 0.1) is 10.6 Å². The maximum absolute atomic E-state index is 13.2. The number of hydrogen-bond acceptors (Lipinski definition) is 5. The summed E-state index contributed by atoms with van der Waals surface area (Å²) in [6.45, 7) is 12.1. The lowest BCUT2D eigenvalue weighted by Gasteiger charge is -2.23. The van der Waals surface area contributed by atoms with Crippen LogP contribution in [-0.2, 0) is 24.2 Å².